The van der Waals surface area contributed by atoms with E-state index < -0.39 is 29.1 Å². The lowest BCUT2D eigenvalue weighted by Gasteiger charge is -2.33. The number of halogens is 6. The van der Waals surface area contributed by atoms with Crippen molar-refractivity contribution in [3.63, 3.8) is 0 Å². The Morgan fingerprint density at radius 2 is 1.70 bits per heavy atom. The minimum absolute atomic E-state index is 0.0140. The first-order valence-electron chi connectivity index (χ1n) is 11.6. The van der Waals surface area contributed by atoms with Gasteiger partial charge in [0.05, 0.1) is 22.3 Å². The van der Waals surface area contributed by atoms with Gasteiger partial charge in [-0.05, 0) is 48.4 Å². The van der Waals surface area contributed by atoms with Gasteiger partial charge in [0.15, 0.2) is 0 Å². The van der Waals surface area contributed by atoms with Crippen LogP contribution in [0.1, 0.15) is 22.5 Å². The van der Waals surface area contributed by atoms with Crippen LogP contribution >= 0.6 is 0 Å². The first kappa shape index (κ1) is 27.0. The predicted octanol–water partition coefficient (Wildman–Crippen LogP) is 4.57. The van der Waals surface area contributed by atoms with Gasteiger partial charge >= 0.3 is 12.4 Å². The standard InChI is InChI=1S/C26H18F6N6O2/c1-15-9-17(24(40,25(27,28)29)26(30,31)32)4-7-21(15)38-22(10-16-3-2-8-33-12-16)36-20-6-5-18(11-19(20)23(38)39)37-14-34-13-35-37/h2-9,11-14,40H,10H2,1H3. The summed E-state index contributed by atoms with van der Waals surface area (Å²) < 4.78 is 83.5. The molecule has 0 unspecified atom stereocenters. The van der Waals surface area contributed by atoms with E-state index in [0.29, 0.717) is 28.9 Å². The van der Waals surface area contributed by atoms with E-state index >= 15 is 0 Å². The number of nitrogens with zero attached hydrogens (tertiary/aromatic N) is 6. The Balaban J connectivity index is 1.74. The molecule has 0 radical (unpaired) electrons. The van der Waals surface area contributed by atoms with Crippen molar-refractivity contribution < 1.29 is 31.4 Å². The summed E-state index contributed by atoms with van der Waals surface area (Å²) in [5.41, 5.74) is -5.88. The Bertz CT molecular complexity index is 1730. The molecule has 0 spiro atoms. The molecule has 8 nitrogen and oxygen atoms in total. The normalized spacial score (nSPS) is 12.7. The van der Waals surface area contributed by atoms with Crippen molar-refractivity contribution in [1.82, 2.24) is 29.3 Å². The molecule has 5 aromatic rings. The van der Waals surface area contributed by atoms with Crippen molar-refractivity contribution in [2.24, 2.45) is 0 Å². The van der Waals surface area contributed by atoms with Gasteiger partial charge in [-0.25, -0.2) is 14.6 Å². The lowest BCUT2D eigenvalue weighted by molar-refractivity contribution is -0.376. The number of benzene rings is 2. The monoisotopic (exact) mass is 560 g/mol. The largest absolute Gasteiger partial charge is 0.430 e. The highest BCUT2D eigenvalue weighted by Crippen LogP contribution is 2.50. The topological polar surface area (TPSA) is 98.7 Å². The minimum Gasteiger partial charge on any atom is -0.369 e. The number of pyridine rings is 1. The van der Waals surface area contributed by atoms with Crippen molar-refractivity contribution in [1.29, 1.82) is 0 Å². The first-order valence-corrected chi connectivity index (χ1v) is 11.6. The van der Waals surface area contributed by atoms with Crippen LogP contribution in [0.5, 0.6) is 0 Å². The van der Waals surface area contributed by atoms with E-state index in [1.807, 2.05) is 0 Å². The number of aryl methyl sites for hydroxylation is 1. The van der Waals surface area contributed by atoms with Gasteiger partial charge in [-0.15, -0.1) is 0 Å². The average molecular weight is 560 g/mol. The number of hydrogen-bond donors (Lipinski definition) is 1. The number of fused-ring (bicyclic) bond motifs is 1. The average Bonchev–Trinajstić information content (AvgIpc) is 3.43. The molecular weight excluding hydrogens is 542 g/mol. The van der Waals surface area contributed by atoms with Crippen LogP contribution in [0.2, 0.25) is 0 Å². The number of rotatable bonds is 5. The molecule has 0 aliphatic carbocycles. The Morgan fingerprint density at radius 1 is 0.950 bits per heavy atom. The second kappa shape index (κ2) is 9.55. The summed E-state index contributed by atoms with van der Waals surface area (Å²) in [4.78, 5) is 26.4. The Morgan fingerprint density at radius 3 is 2.30 bits per heavy atom. The Hall–Kier alpha value is -4.59. The fourth-order valence-electron chi connectivity index (χ4n) is 4.38. The zero-order valence-corrected chi connectivity index (χ0v) is 20.4. The van der Waals surface area contributed by atoms with Crippen LogP contribution in [0.15, 0.2) is 78.4 Å². The second-order valence-electron chi connectivity index (χ2n) is 8.96. The molecule has 1 N–H and O–H groups in total. The fourth-order valence-corrected chi connectivity index (χ4v) is 4.38. The van der Waals surface area contributed by atoms with Gasteiger partial charge in [-0.1, -0.05) is 18.2 Å². The van der Waals surface area contributed by atoms with E-state index in [2.05, 4.69) is 20.1 Å². The summed E-state index contributed by atoms with van der Waals surface area (Å²) in [6, 6.07) is 10.1. The zero-order chi connectivity index (χ0) is 28.9. The molecule has 0 saturated carbocycles. The molecule has 0 atom stereocenters. The van der Waals surface area contributed by atoms with E-state index in [9.17, 15) is 36.2 Å². The van der Waals surface area contributed by atoms with Crippen LogP contribution in [0.4, 0.5) is 26.3 Å². The maximum Gasteiger partial charge on any atom is 0.430 e. The van der Waals surface area contributed by atoms with Gasteiger partial charge < -0.3 is 5.11 Å². The molecule has 0 bridgehead atoms. The van der Waals surface area contributed by atoms with Crippen molar-refractivity contribution in [3.8, 4) is 11.4 Å². The summed E-state index contributed by atoms with van der Waals surface area (Å²) in [6.45, 7) is 1.24. The maximum atomic E-state index is 13.9. The van der Waals surface area contributed by atoms with Gasteiger partial charge in [0.25, 0.3) is 11.2 Å². The molecule has 0 aliphatic heterocycles. The van der Waals surface area contributed by atoms with E-state index in [1.54, 1.807) is 30.5 Å². The first-order chi connectivity index (χ1) is 18.8. The highest BCUT2D eigenvalue weighted by molar-refractivity contribution is 5.80. The molecule has 2 aromatic carbocycles. The Labute approximate surface area is 221 Å². The molecular formula is C26H18F6N6O2. The number of hydrogen-bond acceptors (Lipinski definition) is 6. The molecule has 0 aliphatic rings. The lowest BCUT2D eigenvalue weighted by Crippen LogP contribution is -2.54. The van der Waals surface area contributed by atoms with E-state index in [0.717, 1.165) is 10.6 Å². The van der Waals surface area contributed by atoms with Crippen LogP contribution in [0, 0.1) is 6.92 Å². The molecule has 40 heavy (non-hydrogen) atoms. The van der Waals surface area contributed by atoms with Gasteiger partial charge in [0.1, 0.15) is 18.5 Å². The molecule has 0 amide bonds. The molecule has 206 valence electrons. The van der Waals surface area contributed by atoms with Crippen molar-refractivity contribution >= 4 is 10.9 Å². The number of alkyl halides is 6. The van der Waals surface area contributed by atoms with Gasteiger partial charge in [-0.3, -0.25) is 14.3 Å². The highest BCUT2D eigenvalue weighted by atomic mass is 19.4. The summed E-state index contributed by atoms with van der Waals surface area (Å²) in [5, 5.41) is 14.0. The summed E-state index contributed by atoms with van der Waals surface area (Å²) in [7, 11) is 0. The minimum atomic E-state index is -6.05. The molecule has 0 saturated heterocycles. The molecule has 5 rings (SSSR count). The van der Waals surface area contributed by atoms with Crippen molar-refractivity contribution in [3.05, 3.63) is 106 Å². The Kier molecular flexibility index (Phi) is 6.45. The highest BCUT2D eigenvalue weighted by Gasteiger charge is 2.71. The van der Waals surface area contributed by atoms with Crippen molar-refractivity contribution in [2.75, 3.05) is 0 Å². The van der Waals surface area contributed by atoms with Gasteiger partial charge in [0.2, 0.25) is 0 Å². The smallest absolute Gasteiger partial charge is 0.369 e. The van der Waals surface area contributed by atoms with Gasteiger partial charge in [0, 0.05) is 24.4 Å². The van der Waals surface area contributed by atoms with Crippen LogP contribution in [-0.4, -0.2) is 46.8 Å². The van der Waals surface area contributed by atoms with Crippen LogP contribution in [0.25, 0.3) is 22.3 Å². The number of aliphatic hydroxyl groups is 1. The summed E-state index contributed by atoms with van der Waals surface area (Å²) in [6.07, 6.45) is -6.24. The molecule has 14 heteroatoms. The maximum absolute atomic E-state index is 13.9. The second-order valence-corrected chi connectivity index (χ2v) is 8.96. The SMILES string of the molecule is Cc1cc(C(O)(C(F)(F)F)C(F)(F)F)ccc1-n1c(Cc2cccnc2)nc2ccc(-n3cncn3)cc2c1=O. The van der Waals surface area contributed by atoms with E-state index in [1.165, 1.54) is 36.5 Å². The quantitative estimate of drug-likeness (QED) is 0.316. The predicted molar refractivity (Wildman–Crippen MR) is 130 cm³/mol. The van der Waals surface area contributed by atoms with Crippen molar-refractivity contribution in [2.45, 2.75) is 31.3 Å². The van der Waals surface area contributed by atoms with Gasteiger partial charge in [-0.2, -0.15) is 31.4 Å². The molecule has 0 fully saturated rings. The van der Waals surface area contributed by atoms with Crippen LogP contribution in [0.3, 0.4) is 0 Å². The van der Waals surface area contributed by atoms with E-state index in [-0.39, 0.29) is 28.9 Å². The van der Waals surface area contributed by atoms with E-state index in [4.69, 9.17) is 0 Å². The third-order valence-corrected chi connectivity index (χ3v) is 6.37. The van der Waals surface area contributed by atoms with Crippen LogP contribution in [-0.2, 0) is 12.0 Å². The fraction of sp³-hybridized carbons (Fsp3) is 0.192. The third kappa shape index (κ3) is 4.49. The zero-order valence-electron chi connectivity index (χ0n) is 20.4. The molecule has 3 aromatic heterocycles. The van der Waals surface area contributed by atoms with Crippen LogP contribution < -0.4 is 5.56 Å². The number of aromatic nitrogens is 6. The molecule has 3 heterocycles. The summed E-state index contributed by atoms with van der Waals surface area (Å²) in [5.74, 6) is 0.164. The lowest BCUT2D eigenvalue weighted by atomic mass is 9.90. The summed E-state index contributed by atoms with van der Waals surface area (Å²) >= 11 is 0. The third-order valence-electron chi connectivity index (χ3n) is 6.37.